The molecule has 0 fully saturated rings. The quantitative estimate of drug-likeness (QED) is 0.569. The zero-order valence-electron chi connectivity index (χ0n) is 17.0. The van der Waals surface area contributed by atoms with Gasteiger partial charge in [0.25, 0.3) is 5.91 Å². The van der Waals surface area contributed by atoms with E-state index in [1.807, 2.05) is 19.1 Å². The number of fused-ring (bicyclic) bond motifs is 1. The molecule has 0 aliphatic carbocycles. The number of thiazole rings is 1. The molecule has 28 heavy (non-hydrogen) atoms. The van der Waals surface area contributed by atoms with Crippen molar-refractivity contribution in [3.05, 3.63) is 35.2 Å². The van der Waals surface area contributed by atoms with Gasteiger partial charge in [-0.05, 0) is 38.6 Å². The molecule has 0 saturated heterocycles. The zero-order chi connectivity index (χ0) is 20.3. The second kappa shape index (κ2) is 8.70. The Bertz CT molecular complexity index is 962. The van der Waals surface area contributed by atoms with Gasteiger partial charge < -0.3 is 14.2 Å². The molecule has 0 unspecified atom stereocenters. The zero-order valence-corrected chi connectivity index (χ0v) is 17.8. The van der Waals surface area contributed by atoms with Gasteiger partial charge in [0.1, 0.15) is 11.3 Å². The maximum Gasteiger partial charge on any atom is 0.298 e. The Morgan fingerprint density at radius 1 is 1.21 bits per heavy atom. The van der Waals surface area contributed by atoms with E-state index in [4.69, 9.17) is 14.2 Å². The summed E-state index contributed by atoms with van der Waals surface area (Å²) in [6.45, 7) is 11.2. The summed E-state index contributed by atoms with van der Waals surface area (Å²) in [7, 11) is 1.63. The Kier molecular flexibility index (Phi) is 6.31. The first-order valence-corrected chi connectivity index (χ1v) is 10.2. The number of amides is 1. The van der Waals surface area contributed by atoms with Crippen molar-refractivity contribution in [3.63, 3.8) is 0 Å². The first-order chi connectivity index (χ1) is 13.5. The maximum atomic E-state index is 13.2. The third-order valence-corrected chi connectivity index (χ3v) is 5.97. The topological polar surface area (TPSA) is 71.7 Å². The third kappa shape index (κ3) is 4.02. The van der Waals surface area contributed by atoms with Crippen LogP contribution in [-0.4, -0.2) is 54.2 Å². The molecule has 0 aliphatic heterocycles. The molecule has 0 radical (unpaired) electrons. The van der Waals surface area contributed by atoms with Gasteiger partial charge in [0, 0.05) is 19.2 Å². The van der Waals surface area contributed by atoms with E-state index in [-0.39, 0.29) is 11.7 Å². The number of likely N-dealkylation sites (N-methyl/N-ethyl adjacent to an activating group) is 1. The van der Waals surface area contributed by atoms with Crippen LogP contribution in [0.2, 0.25) is 0 Å². The highest BCUT2D eigenvalue weighted by Gasteiger charge is 2.26. The van der Waals surface area contributed by atoms with Crippen molar-refractivity contribution in [2.45, 2.75) is 27.7 Å². The highest BCUT2D eigenvalue weighted by atomic mass is 32.1. The molecule has 2 heterocycles. The van der Waals surface area contributed by atoms with Crippen LogP contribution in [0.1, 0.15) is 35.7 Å². The molecular formula is C20H26N4O3S. The van der Waals surface area contributed by atoms with Crippen LogP contribution in [0.3, 0.4) is 0 Å². The van der Waals surface area contributed by atoms with Crippen LogP contribution >= 0.6 is 11.3 Å². The Hall–Kier alpha value is -2.45. The maximum absolute atomic E-state index is 13.2. The molecule has 1 aromatic carbocycles. The number of carbonyl (C=O) groups excluding carboxylic acids is 1. The molecule has 0 N–H and O–H groups in total. The number of ether oxygens (including phenoxy) is 1. The molecule has 8 heteroatoms. The second-order valence-electron chi connectivity index (χ2n) is 6.58. The number of aromatic nitrogens is 2. The van der Waals surface area contributed by atoms with E-state index in [1.165, 1.54) is 11.3 Å². The number of carbonyl (C=O) groups is 1. The molecule has 0 saturated carbocycles. The summed E-state index contributed by atoms with van der Waals surface area (Å²) in [6.07, 6.45) is 0. The summed E-state index contributed by atoms with van der Waals surface area (Å²) in [5, 5.41) is 4.49. The van der Waals surface area contributed by atoms with Crippen LogP contribution in [0.15, 0.2) is 22.7 Å². The number of benzene rings is 1. The molecule has 0 bridgehead atoms. The summed E-state index contributed by atoms with van der Waals surface area (Å²) in [5.41, 5.74) is 2.55. The average Bonchev–Trinajstić information content (AvgIpc) is 3.32. The molecule has 3 aromatic rings. The van der Waals surface area contributed by atoms with Crippen molar-refractivity contribution in [3.8, 4) is 5.75 Å². The second-order valence-corrected chi connectivity index (χ2v) is 7.55. The van der Waals surface area contributed by atoms with Crippen molar-refractivity contribution in [1.29, 1.82) is 0 Å². The van der Waals surface area contributed by atoms with Gasteiger partial charge in [-0.15, -0.1) is 0 Å². The van der Waals surface area contributed by atoms with Gasteiger partial charge in [0.05, 0.1) is 17.5 Å². The Morgan fingerprint density at radius 2 is 1.96 bits per heavy atom. The summed E-state index contributed by atoms with van der Waals surface area (Å²) in [6, 6.07) is 5.57. The molecule has 2 aromatic heterocycles. The van der Waals surface area contributed by atoms with Gasteiger partial charge in [0.2, 0.25) is 5.76 Å². The van der Waals surface area contributed by atoms with Crippen molar-refractivity contribution >= 4 is 32.6 Å². The van der Waals surface area contributed by atoms with E-state index in [1.54, 1.807) is 25.0 Å². The Morgan fingerprint density at radius 3 is 2.57 bits per heavy atom. The standard InChI is InChI=1S/C20H26N4O3S/c1-6-23(7-2)10-11-24(19(25)16-12-14(4)22-27-16)20-21-17-15(26-5)9-8-13(3)18(17)28-20/h8-9,12H,6-7,10-11H2,1-5H3. The van der Waals surface area contributed by atoms with E-state index in [0.29, 0.717) is 23.1 Å². The van der Waals surface area contributed by atoms with E-state index < -0.39 is 0 Å². The fraction of sp³-hybridized carbons (Fsp3) is 0.450. The molecule has 0 spiro atoms. The van der Waals surface area contributed by atoms with Crippen molar-refractivity contribution in [2.24, 2.45) is 0 Å². The fourth-order valence-corrected chi connectivity index (χ4v) is 4.12. The SMILES string of the molecule is CCN(CC)CCN(C(=O)c1cc(C)no1)c1nc2c(OC)ccc(C)c2s1. The lowest BCUT2D eigenvalue weighted by Gasteiger charge is -2.23. The summed E-state index contributed by atoms with van der Waals surface area (Å²) in [5.74, 6) is 0.693. The molecule has 3 rings (SSSR count). The van der Waals surface area contributed by atoms with E-state index in [0.717, 1.165) is 35.4 Å². The summed E-state index contributed by atoms with van der Waals surface area (Å²) in [4.78, 5) is 21.9. The summed E-state index contributed by atoms with van der Waals surface area (Å²) < 4.78 is 11.7. The minimum Gasteiger partial charge on any atom is -0.494 e. The van der Waals surface area contributed by atoms with Crippen molar-refractivity contribution in [2.75, 3.05) is 38.2 Å². The lowest BCUT2D eigenvalue weighted by Crippen LogP contribution is -2.38. The van der Waals surface area contributed by atoms with Crippen LogP contribution in [0.5, 0.6) is 5.75 Å². The predicted molar refractivity (Wildman–Crippen MR) is 112 cm³/mol. The van der Waals surface area contributed by atoms with Gasteiger partial charge in [0.15, 0.2) is 5.13 Å². The van der Waals surface area contributed by atoms with Crippen LogP contribution in [0.4, 0.5) is 5.13 Å². The number of rotatable bonds is 8. The minimum absolute atomic E-state index is 0.222. The van der Waals surface area contributed by atoms with Gasteiger partial charge in [-0.25, -0.2) is 4.98 Å². The monoisotopic (exact) mass is 402 g/mol. The predicted octanol–water partition coefficient (Wildman–Crippen LogP) is 3.90. The smallest absolute Gasteiger partial charge is 0.298 e. The van der Waals surface area contributed by atoms with Gasteiger partial charge >= 0.3 is 0 Å². The largest absolute Gasteiger partial charge is 0.494 e. The molecule has 1 amide bonds. The number of methoxy groups -OCH3 is 1. The first-order valence-electron chi connectivity index (χ1n) is 9.40. The number of hydrogen-bond donors (Lipinski definition) is 0. The molecule has 0 aliphatic rings. The molecule has 0 atom stereocenters. The number of anilines is 1. The van der Waals surface area contributed by atoms with Crippen molar-refractivity contribution in [1.82, 2.24) is 15.0 Å². The minimum atomic E-state index is -0.233. The molecular weight excluding hydrogens is 376 g/mol. The highest BCUT2D eigenvalue weighted by molar-refractivity contribution is 7.22. The van der Waals surface area contributed by atoms with Gasteiger partial charge in [-0.3, -0.25) is 9.69 Å². The number of hydrogen-bond acceptors (Lipinski definition) is 7. The highest BCUT2D eigenvalue weighted by Crippen LogP contribution is 2.36. The third-order valence-electron chi connectivity index (χ3n) is 4.76. The van der Waals surface area contributed by atoms with Crippen LogP contribution in [-0.2, 0) is 0 Å². The van der Waals surface area contributed by atoms with Crippen LogP contribution in [0.25, 0.3) is 10.2 Å². The Balaban J connectivity index is 2.01. The van der Waals surface area contributed by atoms with Crippen LogP contribution in [0, 0.1) is 13.8 Å². The van der Waals surface area contributed by atoms with E-state index in [2.05, 4.69) is 23.9 Å². The van der Waals surface area contributed by atoms with E-state index in [9.17, 15) is 4.79 Å². The molecule has 150 valence electrons. The van der Waals surface area contributed by atoms with E-state index >= 15 is 0 Å². The number of nitrogens with zero attached hydrogens (tertiary/aromatic N) is 4. The lowest BCUT2D eigenvalue weighted by molar-refractivity contribution is 0.0948. The Labute approximate surface area is 168 Å². The lowest BCUT2D eigenvalue weighted by atomic mass is 10.2. The number of aryl methyl sites for hydroxylation is 2. The first kappa shape index (κ1) is 20.3. The van der Waals surface area contributed by atoms with Crippen molar-refractivity contribution < 1.29 is 14.1 Å². The molecule has 7 nitrogen and oxygen atoms in total. The van der Waals surface area contributed by atoms with Crippen LogP contribution < -0.4 is 9.64 Å². The van der Waals surface area contributed by atoms with Gasteiger partial charge in [-0.2, -0.15) is 0 Å². The van der Waals surface area contributed by atoms with Gasteiger partial charge in [-0.1, -0.05) is 36.4 Å². The fourth-order valence-electron chi connectivity index (χ4n) is 3.04. The normalized spacial score (nSPS) is 11.4. The summed E-state index contributed by atoms with van der Waals surface area (Å²) >= 11 is 1.49. The average molecular weight is 403 g/mol.